The fraction of sp³-hybridized carbons (Fsp3) is 0.263. The highest BCUT2D eigenvalue weighted by molar-refractivity contribution is 7.93. The van der Waals surface area contributed by atoms with E-state index in [0.717, 1.165) is 17.1 Å². The van der Waals surface area contributed by atoms with Crippen molar-refractivity contribution in [3.63, 3.8) is 0 Å². The number of nitrogens with one attached hydrogen (secondary N) is 2. The molecule has 0 aliphatic carbocycles. The molecule has 4 rings (SSSR count). The molecule has 4 aromatic rings. The lowest BCUT2D eigenvalue weighted by Gasteiger charge is -2.13. The Labute approximate surface area is 193 Å². The fourth-order valence-electron chi connectivity index (χ4n) is 3.47. The number of benzene rings is 1. The van der Waals surface area contributed by atoms with Crippen molar-refractivity contribution in [2.45, 2.75) is 31.1 Å². The summed E-state index contributed by atoms with van der Waals surface area (Å²) in [5.41, 5.74) is -0.290. The van der Waals surface area contributed by atoms with Gasteiger partial charge in [0.15, 0.2) is 0 Å². The van der Waals surface area contributed by atoms with Gasteiger partial charge in [0, 0.05) is 32.0 Å². The summed E-state index contributed by atoms with van der Waals surface area (Å²) in [4.78, 5) is 11.2. The number of rotatable bonds is 8. The predicted octanol–water partition coefficient (Wildman–Crippen LogP) is 3.89. The Balaban J connectivity index is 0.00000228. The minimum Gasteiger partial charge on any atom is -0.481 e. The van der Waals surface area contributed by atoms with E-state index in [9.17, 15) is 26.0 Å². The topological polar surface area (TPSA) is 128 Å². The zero-order valence-electron chi connectivity index (χ0n) is 17.6. The number of aromatic amines is 1. The van der Waals surface area contributed by atoms with E-state index in [1.807, 2.05) is 0 Å². The van der Waals surface area contributed by atoms with Crippen LogP contribution >= 0.6 is 0 Å². The smallest absolute Gasteiger partial charge is 0.266 e. The molecule has 0 aliphatic heterocycles. The molecule has 184 valence electrons. The van der Waals surface area contributed by atoms with Crippen molar-refractivity contribution < 1.29 is 33.6 Å². The SMILES string of the molecule is COc1nc(NS(=O)(=O)c2c[nH]c3c(-n4nccn4)c(C(F)F)ccc23)nc(C)c1CC(F)F.[HH].[HH]. The van der Waals surface area contributed by atoms with Crippen LogP contribution in [0.15, 0.2) is 35.6 Å². The average molecular weight is 503 g/mol. The van der Waals surface area contributed by atoms with Crippen molar-refractivity contribution in [1.82, 2.24) is 29.9 Å². The number of anilines is 1. The molecule has 0 unspecified atom stereocenters. The van der Waals surface area contributed by atoms with E-state index in [4.69, 9.17) is 4.74 Å². The molecule has 3 aromatic heterocycles. The van der Waals surface area contributed by atoms with Crippen molar-refractivity contribution in [2.24, 2.45) is 0 Å². The molecule has 0 amide bonds. The van der Waals surface area contributed by atoms with Crippen LogP contribution in [0.2, 0.25) is 0 Å². The number of sulfonamides is 1. The highest BCUT2D eigenvalue weighted by Crippen LogP contribution is 2.34. The van der Waals surface area contributed by atoms with Crippen LogP contribution in [0.4, 0.5) is 23.5 Å². The molecule has 1 aromatic carbocycles. The average Bonchev–Trinajstić information content (AvgIpc) is 3.44. The van der Waals surface area contributed by atoms with Crippen molar-refractivity contribution in [3.8, 4) is 11.6 Å². The molecule has 0 atom stereocenters. The van der Waals surface area contributed by atoms with Crippen LogP contribution in [0.1, 0.15) is 26.1 Å². The summed E-state index contributed by atoms with van der Waals surface area (Å²) in [5.74, 6) is -0.599. The van der Waals surface area contributed by atoms with Crippen molar-refractivity contribution in [1.29, 1.82) is 0 Å². The van der Waals surface area contributed by atoms with E-state index in [0.29, 0.717) is 0 Å². The monoisotopic (exact) mass is 503 g/mol. The first-order valence-electron chi connectivity index (χ1n) is 9.63. The van der Waals surface area contributed by atoms with Gasteiger partial charge in [-0.1, -0.05) is 12.1 Å². The standard InChI is InChI=1S/C19H17F4N7O3S.2H2/c1-9-12(7-14(20)21)18(33-2)28-19(27-9)29-34(31,32)13-8-24-15-10(13)3-4-11(17(22)23)16(15)30-25-5-6-26-30;;/h3-6,8,14,17,24H,7H2,1-2H3,(H,27,28,29);2*1H. The third kappa shape index (κ3) is 4.25. The Morgan fingerprint density at radius 3 is 2.50 bits per heavy atom. The molecule has 15 heteroatoms. The molecule has 0 saturated carbocycles. The number of alkyl halides is 4. The van der Waals surface area contributed by atoms with Gasteiger partial charge in [0.05, 0.1) is 30.7 Å². The maximum absolute atomic E-state index is 13.6. The molecule has 10 nitrogen and oxygen atoms in total. The summed E-state index contributed by atoms with van der Waals surface area (Å²) in [7, 11) is -3.13. The zero-order valence-corrected chi connectivity index (χ0v) is 18.4. The molecule has 0 bridgehead atoms. The van der Waals surface area contributed by atoms with E-state index in [-0.39, 0.29) is 41.5 Å². The van der Waals surface area contributed by atoms with Crippen molar-refractivity contribution >= 4 is 26.9 Å². The Morgan fingerprint density at radius 2 is 1.88 bits per heavy atom. The van der Waals surface area contributed by atoms with Gasteiger partial charge in [-0.05, 0) is 6.92 Å². The Morgan fingerprint density at radius 1 is 1.18 bits per heavy atom. The number of ether oxygens (including phenoxy) is 1. The van der Waals surface area contributed by atoms with Crippen LogP contribution in [0.3, 0.4) is 0 Å². The van der Waals surface area contributed by atoms with E-state index in [2.05, 4.69) is 29.9 Å². The highest BCUT2D eigenvalue weighted by atomic mass is 32.2. The van der Waals surface area contributed by atoms with Crippen LogP contribution in [-0.4, -0.2) is 51.9 Å². The van der Waals surface area contributed by atoms with E-state index >= 15 is 0 Å². The third-order valence-electron chi connectivity index (χ3n) is 4.92. The van der Waals surface area contributed by atoms with Gasteiger partial charge in [0.1, 0.15) is 10.6 Å². The maximum atomic E-state index is 13.6. The number of methoxy groups -OCH3 is 1. The van der Waals surface area contributed by atoms with Gasteiger partial charge in [-0.3, -0.25) is 0 Å². The van der Waals surface area contributed by atoms with Crippen molar-refractivity contribution in [2.75, 3.05) is 11.8 Å². The molecular formula is C19H21F4N7O3S. The second-order valence-corrected chi connectivity index (χ2v) is 8.67. The largest absolute Gasteiger partial charge is 0.481 e. The molecule has 0 spiro atoms. The molecule has 0 fully saturated rings. The molecule has 3 heterocycles. The van der Waals surface area contributed by atoms with Gasteiger partial charge < -0.3 is 9.72 Å². The lowest BCUT2D eigenvalue weighted by molar-refractivity contribution is 0.147. The minimum absolute atomic E-state index is 0. The first-order valence-corrected chi connectivity index (χ1v) is 11.1. The molecule has 0 saturated heterocycles. The molecule has 2 N–H and O–H groups in total. The first kappa shape index (κ1) is 23.4. The summed E-state index contributed by atoms with van der Waals surface area (Å²) >= 11 is 0. The van der Waals surface area contributed by atoms with Gasteiger partial charge in [0.25, 0.3) is 16.4 Å². The summed E-state index contributed by atoms with van der Waals surface area (Å²) in [5, 5.41) is 7.84. The lowest BCUT2D eigenvalue weighted by atomic mass is 10.1. The quantitative estimate of drug-likeness (QED) is 0.349. The van der Waals surface area contributed by atoms with Gasteiger partial charge in [-0.25, -0.2) is 35.7 Å². The number of H-pyrrole nitrogens is 1. The second kappa shape index (κ2) is 8.89. The Bertz CT molecular complexity index is 1450. The van der Waals surface area contributed by atoms with Crippen LogP contribution in [-0.2, 0) is 16.4 Å². The van der Waals surface area contributed by atoms with Crippen LogP contribution in [0.5, 0.6) is 5.88 Å². The third-order valence-corrected chi connectivity index (χ3v) is 6.29. The summed E-state index contributed by atoms with van der Waals surface area (Å²) in [6.07, 6.45) is -2.52. The predicted molar refractivity (Wildman–Crippen MR) is 116 cm³/mol. The van der Waals surface area contributed by atoms with Gasteiger partial charge in [0.2, 0.25) is 18.3 Å². The van der Waals surface area contributed by atoms with Gasteiger partial charge in [-0.2, -0.15) is 15.2 Å². The number of aryl methyl sites for hydroxylation is 1. The number of fused-ring (bicyclic) bond motifs is 1. The molecule has 0 radical (unpaired) electrons. The van der Waals surface area contributed by atoms with E-state index in [1.54, 1.807) is 0 Å². The number of hydrogen-bond acceptors (Lipinski definition) is 7. The van der Waals surface area contributed by atoms with Crippen LogP contribution in [0, 0.1) is 6.92 Å². The van der Waals surface area contributed by atoms with Gasteiger partial charge in [-0.15, -0.1) is 4.80 Å². The minimum atomic E-state index is -4.34. The lowest BCUT2D eigenvalue weighted by Crippen LogP contribution is -2.17. The zero-order chi connectivity index (χ0) is 24.6. The first-order chi connectivity index (χ1) is 16.1. The number of nitrogens with zero attached hydrogens (tertiary/aromatic N) is 5. The molecule has 0 aliphatic rings. The molecule has 34 heavy (non-hydrogen) atoms. The summed E-state index contributed by atoms with van der Waals surface area (Å²) in [6, 6.07) is 2.31. The summed E-state index contributed by atoms with van der Waals surface area (Å²) in [6.45, 7) is 1.42. The van der Waals surface area contributed by atoms with Crippen LogP contribution < -0.4 is 9.46 Å². The number of hydrogen-bond donors (Lipinski definition) is 2. The Kier molecular flexibility index (Phi) is 6.12. The summed E-state index contributed by atoms with van der Waals surface area (Å²) < 4.78 is 86.3. The number of halogens is 4. The normalized spacial score (nSPS) is 12.1. The maximum Gasteiger partial charge on any atom is 0.266 e. The fourth-order valence-corrected chi connectivity index (χ4v) is 4.58. The number of aromatic nitrogens is 6. The van der Waals surface area contributed by atoms with E-state index < -0.39 is 40.8 Å². The van der Waals surface area contributed by atoms with Crippen LogP contribution in [0.25, 0.3) is 16.6 Å². The molecular weight excluding hydrogens is 482 g/mol. The highest BCUT2D eigenvalue weighted by Gasteiger charge is 2.26. The van der Waals surface area contributed by atoms with E-state index in [1.165, 1.54) is 32.5 Å². The van der Waals surface area contributed by atoms with Gasteiger partial charge >= 0.3 is 0 Å². The van der Waals surface area contributed by atoms with Crippen molar-refractivity contribution in [3.05, 3.63) is 47.5 Å². The Hall–Kier alpha value is -3.75. The second-order valence-electron chi connectivity index (χ2n) is 7.02.